The van der Waals surface area contributed by atoms with Gasteiger partial charge in [-0.15, -0.1) is 13.2 Å². The zero-order chi connectivity index (χ0) is 74.3. The quantitative estimate of drug-likeness (QED) is 0.105. The summed E-state index contributed by atoms with van der Waals surface area (Å²) in [6.45, 7) is 6.00. The summed E-state index contributed by atoms with van der Waals surface area (Å²) >= 11 is 0. The van der Waals surface area contributed by atoms with Crippen molar-refractivity contribution in [3.05, 3.63) is 425 Å². The van der Waals surface area contributed by atoms with Gasteiger partial charge in [-0.05, 0) is 255 Å². The minimum Gasteiger partial charge on any atom is -0.106 e. The summed E-state index contributed by atoms with van der Waals surface area (Å²) in [5.41, 5.74) is 21.1. The molecule has 0 N–H and O–H groups in total. The van der Waals surface area contributed by atoms with Gasteiger partial charge in [0.15, 0.2) is 0 Å². The first-order valence-corrected chi connectivity index (χ1v) is 39.3. The summed E-state index contributed by atoms with van der Waals surface area (Å²) in [7, 11) is 0. The fourth-order valence-electron chi connectivity index (χ4n) is 19.4. The van der Waals surface area contributed by atoms with Gasteiger partial charge in [-0.1, -0.05) is 376 Å². The standard InChI is InChI=1S/C56H38.C54H34.C2H4/c1-3-15-37-31-41(29-25-35(37)13-1)53-43-17-5-9-21-47(43)55(48-22-10-6-18-44(48)53)51-33-40-28-27-39(51)34-52(40)56-49-23-11-7-19-45(49)54(46-20-8-12-24-50(46)56)42-30-26-36-14-2-4-16-38(36)32-42;1-3-15-39-33-41(31-25-35(39)13-1)53-47-21-9-5-17-43(47)51(44-18-6-10-22-48(44)53)37-27-29-38(30-28-37)52-45-19-7-11-23-49(45)54(50-24-12-8-20-46(50)52)42-32-26-36-14-2-4-16-40(36)34-42;1-2/h1-26,29-34,39-40H,27-28H2;1-34H;1-2H2. The summed E-state index contributed by atoms with van der Waals surface area (Å²) in [6.07, 6.45) is 7.66. The third kappa shape index (κ3) is 11.0. The van der Waals surface area contributed by atoms with Gasteiger partial charge in [0, 0.05) is 11.8 Å². The van der Waals surface area contributed by atoms with Crippen molar-refractivity contribution in [2.24, 2.45) is 11.8 Å². The maximum absolute atomic E-state index is 3.00. The smallest absolute Gasteiger partial charge is 0.00279 e. The van der Waals surface area contributed by atoms with Crippen molar-refractivity contribution >= 4 is 140 Å². The fourth-order valence-corrected chi connectivity index (χ4v) is 19.4. The van der Waals surface area contributed by atoms with Crippen LogP contribution in [0.2, 0.25) is 0 Å². The van der Waals surface area contributed by atoms with Crippen LogP contribution in [0.4, 0.5) is 0 Å². The molecule has 0 nitrogen and oxygen atoms in total. The summed E-state index contributed by atoms with van der Waals surface area (Å²) in [4.78, 5) is 0. The lowest BCUT2D eigenvalue weighted by Crippen LogP contribution is -2.21. The van der Waals surface area contributed by atoms with Gasteiger partial charge in [-0.3, -0.25) is 0 Å². The molecule has 2 atom stereocenters. The number of rotatable bonds is 8. The molecule has 2 unspecified atom stereocenters. The monoisotopic (exact) mass is 1420 g/mol. The van der Waals surface area contributed by atoms with Crippen molar-refractivity contribution in [2.45, 2.75) is 12.8 Å². The van der Waals surface area contributed by atoms with E-state index in [1.54, 1.807) is 0 Å². The lowest BCUT2D eigenvalue weighted by Gasteiger charge is -2.37. The Bertz CT molecular complexity index is 6810. The molecule has 24 rings (SSSR count). The summed E-state index contributed by atoms with van der Waals surface area (Å²) in [5, 5.41) is 31.0. The molecule has 0 spiro atoms. The molecule has 112 heavy (non-hydrogen) atoms. The van der Waals surface area contributed by atoms with Gasteiger partial charge in [-0.25, -0.2) is 0 Å². The molecule has 3 aliphatic rings. The number of hydrogen-bond donors (Lipinski definition) is 0. The fraction of sp³-hybridized carbons (Fsp3) is 0.0357. The van der Waals surface area contributed by atoms with E-state index in [-0.39, 0.29) is 0 Å². The second-order valence-electron chi connectivity index (χ2n) is 30.2. The number of hydrogen-bond acceptors (Lipinski definition) is 0. The van der Waals surface area contributed by atoms with Crippen molar-refractivity contribution < 1.29 is 0 Å². The lowest BCUT2D eigenvalue weighted by atomic mass is 9.67. The highest BCUT2D eigenvalue weighted by Crippen LogP contribution is 2.55. The average molecular weight is 1420 g/mol. The summed E-state index contributed by atoms with van der Waals surface area (Å²) < 4.78 is 0. The van der Waals surface area contributed by atoms with Crippen LogP contribution in [0.5, 0.6) is 0 Å². The minimum atomic E-state index is 0.339. The molecule has 0 amide bonds. The predicted octanol–water partition coefficient (Wildman–Crippen LogP) is 31.5. The minimum absolute atomic E-state index is 0.339. The van der Waals surface area contributed by atoms with E-state index >= 15 is 0 Å². The zero-order valence-corrected chi connectivity index (χ0v) is 62.1. The third-order valence-corrected chi connectivity index (χ3v) is 24.3. The van der Waals surface area contributed by atoms with E-state index in [0.29, 0.717) is 11.8 Å². The van der Waals surface area contributed by atoms with Crippen LogP contribution in [0, 0.1) is 11.8 Å². The molecular weight excluding hydrogens is 1350 g/mol. The van der Waals surface area contributed by atoms with Crippen molar-refractivity contribution in [3.63, 3.8) is 0 Å². The van der Waals surface area contributed by atoms with Crippen LogP contribution in [0.25, 0.3) is 207 Å². The lowest BCUT2D eigenvalue weighted by molar-refractivity contribution is 0.558. The maximum atomic E-state index is 3.00. The van der Waals surface area contributed by atoms with Crippen LogP contribution in [0.15, 0.2) is 414 Å². The van der Waals surface area contributed by atoms with E-state index in [0.717, 1.165) is 0 Å². The van der Waals surface area contributed by atoms with Crippen LogP contribution < -0.4 is 0 Å². The van der Waals surface area contributed by atoms with Crippen molar-refractivity contribution in [1.29, 1.82) is 0 Å². The highest BCUT2D eigenvalue weighted by Gasteiger charge is 2.35. The van der Waals surface area contributed by atoms with Crippen molar-refractivity contribution in [2.75, 3.05) is 0 Å². The SMILES string of the molecule is C1=C(c2c3ccccc3c(-c3ccc4ccccc4c3)c3ccccc23)C2C=C(c3c4ccccc4c(-c4ccc5ccccc5c4)c4ccccc34)C1CC2.C=C.c1ccc2cc(-c3c4ccccc4c(-c4ccc(-c5c6ccccc6c(-c6ccc7ccccc7c6)c6ccccc56)cc4)c4ccccc34)ccc2c1. The molecule has 524 valence electrons. The van der Waals surface area contributed by atoms with Crippen LogP contribution in [0.3, 0.4) is 0 Å². The van der Waals surface area contributed by atoms with Crippen molar-refractivity contribution in [3.8, 4) is 66.8 Å². The van der Waals surface area contributed by atoms with Crippen molar-refractivity contribution in [1.82, 2.24) is 0 Å². The Morgan fingerprint density at radius 1 is 0.152 bits per heavy atom. The normalized spacial score (nSPS) is 14.0. The Morgan fingerprint density at radius 3 is 0.491 bits per heavy atom. The second kappa shape index (κ2) is 27.6. The van der Waals surface area contributed by atoms with E-state index in [9.17, 15) is 0 Å². The first-order chi connectivity index (χ1) is 55.6. The number of fused-ring (bicyclic) bond motifs is 13. The average Bonchev–Trinajstić information content (AvgIpc) is 0.715. The highest BCUT2D eigenvalue weighted by atomic mass is 14.4. The van der Waals surface area contributed by atoms with E-state index in [2.05, 4.69) is 414 Å². The predicted molar refractivity (Wildman–Crippen MR) is 485 cm³/mol. The van der Waals surface area contributed by atoms with Gasteiger partial charge in [0.05, 0.1) is 0 Å². The molecule has 0 saturated heterocycles. The highest BCUT2D eigenvalue weighted by molar-refractivity contribution is 6.26. The van der Waals surface area contributed by atoms with Gasteiger partial charge >= 0.3 is 0 Å². The molecule has 21 aromatic carbocycles. The first kappa shape index (κ1) is 66.2. The molecule has 0 fully saturated rings. The zero-order valence-electron chi connectivity index (χ0n) is 62.1. The Balaban J connectivity index is 0.000000139. The molecule has 3 aliphatic carbocycles. The molecule has 21 aromatic rings. The van der Waals surface area contributed by atoms with Crippen LogP contribution in [-0.4, -0.2) is 0 Å². The maximum Gasteiger partial charge on any atom is 0.00279 e. The molecule has 0 heteroatoms. The van der Waals surface area contributed by atoms with Gasteiger partial charge in [0.2, 0.25) is 0 Å². The third-order valence-electron chi connectivity index (χ3n) is 24.3. The second-order valence-corrected chi connectivity index (χ2v) is 30.2. The Kier molecular flexibility index (Phi) is 16.3. The van der Waals surface area contributed by atoms with E-state index < -0.39 is 0 Å². The van der Waals surface area contributed by atoms with E-state index in [1.807, 2.05) is 0 Å². The first-order valence-electron chi connectivity index (χ1n) is 39.3. The topological polar surface area (TPSA) is 0 Å². The Hall–Kier alpha value is -14.0. The molecule has 0 aromatic heterocycles. The van der Waals surface area contributed by atoms with E-state index in [1.165, 1.54) is 231 Å². The number of allylic oxidation sites excluding steroid dienone is 4. The van der Waals surface area contributed by atoms with Gasteiger partial charge in [0.25, 0.3) is 0 Å². The molecule has 0 aliphatic heterocycles. The molecule has 2 bridgehead atoms. The van der Waals surface area contributed by atoms with Gasteiger partial charge < -0.3 is 0 Å². The largest absolute Gasteiger partial charge is 0.106 e. The molecule has 0 heterocycles. The van der Waals surface area contributed by atoms with E-state index in [4.69, 9.17) is 0 Å². The number of benzene rings is 21. The molecule has 0 radical (unpaired) electrons. The van der Waals surface area contributed by atoms with Crippen LogP contribution in [0.1, 0.15) is 24.0 Å². The van der Waals surface area contributed by atoms with Gasteiger partial charge in [0.1, 0.15) is 0 Å². The Labute approximate surface area is 652 Å². The summed E-state index contributed by atoms with van der Waals surface area (Å²) in [6, 6.07) is 144. The summed E-state index contributed by atoms with van der Waals surface area (Å²) in [5.74, 6) is 0.678. The Morgan fingerprint density at radius 2 is 0.304 bits per heavy atom. The van der Waals surface area contributed by atoms with Crippen LogP contribution in [-0.2, 0) is 0 Å². The van der Waals surface area contributed by atoms with Gasteiger partial charge in [-0.2, -0.15) is 0 Å². The molecular formula is C112H76. The molecule has 0 saturated carbocycles. The van der Waals surface area contributed by atoms with Crippen LogP contribution >= 0.6 is 0 Å².